The molecule has 6 heteroatoms. The first-order valence-corrected chi connectivity index (χ1v) is 12.6. The molecule has 0 bridgehead atoms. The first-order valence-electron chi connectivity index (χ1n) is 12.6. The second kappa shape index (κ2) is 12.7. The normalized spacial score (nSPS) is 19.7. The lowest BCUT2D eigenvalue weighted by Crippen LogP contribution is -2.54. The molecule has 0 aliphatic carbocycles. The number of methoxy groups -OCH3 is 1. The number of hydrogen-bond acceptors (Lipinski definition) is 4. The SMILES string of the molecule is CNC[C@H](CC(C)(C)C)NC(=O)N1CCC[C@@H]([C@@](O)(CCCCOC)c2cccc(C)c2)C1. The van der Waals surface area contributed by atoms with Gasteiger partial charge in [-0.2, -0.15) is 0 Å². The predicted octanol–water partition coefficient (Wildman–Crippen LogP) is 4.45. The molecule has 188 valence electrons. The van der Waals surface area contributed by atoms with E-state index in [1.807, 2.05) is 24.1 Å². The molecule has 1 aliphatic heterocycles. The summed E-state index contributed by atoms with van der Waals surface area (Å²) in [6, 6.07) is 8.28. The monoisotopic (exact) mass is 461 g/mol. The Morgan fingerprint density at radius 1 is 1.30 bits per heavy atom. The minimum atomic E-state index is -0.950. The van der Waals surface area contributed by atoms with Crippen LogP contribution in [0, 0.1) is 18.3 Å². The number of likely N-dealkylation sites (tertiary alicyclic amines) is 1. The highest BCUT2D eigenvalue weighted by atomic mass is 16.5. The molecule has 1 aromatic rings. The van der Waals surface area contributed by atoms with Crippen molar-refractivity contribution in [3.63, 3.8) is 0 Å². The number of aliphatic hydroxyl groups is 1. The van der Waals surface area contributed by atoms with Crippen molar-refractivity contribution in [3.8, 4) is 0 Å². The number of nitrogens with one attached hydrogen (secondary N) is 2. The summed E-state index contributed by atoms with van der Waals surface area (Å²) in [5.74, 6) is 0.00621. The molecule has 1 saturated heterocycles. The number of carbonyl (C=O) groups excluding carboxylic acids is 1. The number of urea groups is 1. The van der Waals surface area contributed by atoms with Gasteiger partial charge in [0.25, 0.3) is 0 Å². The zero-order chi connectivity index (χ0) is 24.5. The standard InChI is InChI=1S/C27H47N3O3/c1-21-11-9-12-22(17-21)27(32,14-7-8-16-33-6)23-13-10-15-30(20-23)25(31)29-24(19-28-5)18-26(2,3)4/h9,11-12,17,23-24,28,32H,7-8,10,13-16,18-20H2,1-6H3,(H,29,31)/t23-,24+,27-/m1/s1. The van der Waals surface area contributed by atoms with Crippen molar-refractivity contribution < 1.29 is 14.6 Å². The number of hydrogen-bond donors (Lipinski definition) is 3. The van der Waals surface area contributed by atoms with Gasteiger partial charge in [-0.15, -0.1) is 0 Å². The van der Waals surface area contributed by atoms with Crippen molar-refractivity contribution in [3.05, 3.63) is 35.4 Å². The van der Waals surface area contributed by atoms with E-state index in [1.54, 1.807) is 7.11 Å². The van der Waals surface area contributed by atoms with Crippen LogP contribution in [0.25, 0.3) is 0 Å². The predicted molar refractivity (Wildman–Crippen MR) is 135 cm³/mol. The number of aryl methyl sites for hydroxylation is 1. The van der Waals surface area contributed by atoms with Crippen LogP contribution in [0.1, 0.15) is 70.4 Å². The van der Waals surface area contributed by atoms with Gasteiger partial charge >= 0.3 is 6.03 Å². The van der Waals surface area contributed by atoms with E-state index in [1.165, 1.54) is 0 Å². The maximum atomic E-state index is 13.2. The highest BCUT2D eigenvalue weighted by Crippen LogP contribution is 2.40. The first kappa shape index (κ1) is 27.6. The number of unbranched alkanes of at least 4 members (excludes halogenated alkanes) is 1. The maximum Gasteiger partial charge on any atom is 0.317 e. The van der Waals surface area contributed by atoms with Gasteiger partial charge in [-0.3, -0.25) is 0 Å². The van der Waals surface area contributed by atoms with E-state index in [9.17, 15) is 9.90 Å². The quantitative estimate of drug-likeness (QED) is 0.426. The number of ether oxygens (including phenoxy) is 1. The summed E-state index contributed by atoms with van der Waals surface area (Å²) in [5.41, 5.74) is 1.29. The minimum absolute atomic E-state index is 0.00621. The van der Waals surface area contributed by atoms with E-state index in [4.69, 9.17) is 4.74 Å². The van der Waals surface area contributed by atoms with Gasteiger partial charge in [0.1, 0.15) is 0 Å². The second-order valence-electron chi connectivity index (χ2n) is 11.0. The number of piperidine rings is 1. The fourth-order valence-corrected chi connectivity index (χ4v) is 5.12. The van der Waals surface area contributed by atoms with Crippen molar-refractivity contribution in [2.24, 2.45) is 11.3 Å². The Morgan fingerprint density at radius 3 is 2.70 bits per heavy atom. The third-order valence-corrected chi connectivity index (χ3v) is 6.70. The summed E-state index contributed by atoms with van der Waals surface area (Å²) in [6.07, 6.45) is 5.20. The number of carbonyl (C=O) groups is 1. The molecule has 0 radical (unpaired) electrons. The molecule has 0 unspecified atom stereocenters. The Labute approximate surface area is 201 Å². The molecule has 0 spiro atoms. The Hall–Kier alpha value is -1.63. The van der Waals surface area contributed by atoms with E-state index in [0.717, 1.165) is 56.3 Å². The average Bonchev–Trinajstić information content (AvgIpc) is 2.75. The summed E-state index contributed by atoms with van der Waals surface area (Å²) in [6.45, 7) is 11.4. The van der Waals surface area contributed by atoms with Gasteiger partial charge in [0.2, 0.25) is 0 Å². The molecule has 2 amide bonds. The molecular weight excluding hydrogens is 414 g/mol. The van der Waals surface area contributed by atoms with Crippen LogP contribution in [0.4, 0.5) is 4.79 Å². The van der Waals surface area contributed by atoms with Gasteiger partial charge in [0.05, 0.1) is 5.60 Å². The third-order valence-electron chi connectivity index (χ3n) is 6.70. The van der Waals surface area contributed by atoms with E-state index < -0.39 is 5.60 Å². The molecule has 1 aromatic carbocycles. The van der Waals surface area contributed by atoms with Gasteiger partial charge in [-0.05, 0) is 63.5 Å². The lowest BCUT2D eigenvalue weighted by Gasteiger charge is -2.43. The number of rotatable bonds is 11. The molecule has 1 fully saturated rings. The van der Waals surface area contributed by atoms with Gasteiger partial charge in [-0.25, -0.2) is 4.79 Å². The van der Waals surface area contributed by atoms with E-state index >= 15 is 0 Å². The van der Waals surface area contributed by atoms with Crippen molar-refractivity contribution in [1.82, 2.24) is 15.5 Å². The molecule has 6 nitrogen and oxygen atoms in total. The van der Waals surface area contributed by atoms with Crippen molar-refractivity contribution in [1.29, 1.82) is 0 Å². The Kier molecular flexibility index (Phi) is 10.6. The fourth-order valence-electron chi connectivity index (χ4n) is 5.12. The summed E-state index contributed by atoms with van der Waals surface area (Å²) in [5, 5.41) is 18.5. The van der Waals surface area contributed by atoms with Crippen molar-refractivity contribution in [2.75, 3.05) is 40.4 Å². The van der Waals surface area contributed by atoms with Crippen LogP contribution in [0.15, 0.2) is 24.3 Å². The molecule has 1 heterocycles. The number of amides is 2. The molecule has 2 rings (SSSR count). The van der Waals surface area contributed by atoms with Crippen LogP contribution < -0.4 is 10.6 Å². The van der Waals surface area contributed by atoms with Crippen molar-refractivity contribution in [2.45, 2.75) is 77.9 Å². The van der Waals surface area contributed by atoms with Crippen LogP contribution >= 0.6 is 0 Å². The molecule has 3 N–H and O–H groups in total. The Balaban J connectivity index is 2.16. The Bertz CT molecular complexity index is 734. The van der Waals surface area contributed by atoms with E-state index in [-0.39, 0.29) is 23.4 Å². The molecule has 33 heavy (non-hydrogen) atoms. The van der Waals surface area contributed by atoms with Crippen molar-refractivity contribution >= 4 is 6.03 Å². The number of likely N-dealkylation sites (N-methyl/N-ethyl adjacent to an activating group) is 1. The molecule has 1 aliphatic rings. The van der Waals surface area contributed by atoms with E-state index in [0.29, 0.717) is 19.6 Å². The van der Waals surface area contributed by atoms with Crippen LogP contribution in [-0.2, 0) is 10.3 Å². The first-order chi connectivity index (χ1) is 15.6. The molecule has 0 aromatic heterocycles. The highest BCUT2D eigenvalue weighted by molar-refractivity contribution is 5.74. The van der Waals surface area contributed by atoms with Crippen LogP contribution in [0.2, 0.25) is 0 Å². The zero-order valence-electron chi connectivity index (χ0n) is 21.7. The van der Waals surface area contributed by atoms with Crippen LogP contribution in [0.3, 0.4) is 0 Å². The van der Waals surface area contributed by atoms with Gasteiger partial charge in [0, 0.05) is 45.3 Å². The van der Waals surface area contributed by atoms with Gasteiger partial charge < -0.3 is 25.4 Å². The highest BCUT2D eigenvalue weighted by Gasteiger charge is 2.41. The lowest BCUT2D eigenvalue weighted by molar-refractivity contribution is -0.0564. The number of nitrogens with zero attached hydrogens (tertiary/aromatic N) is 1. The molecule has 3 atom stereocenters. The topological polar surface area (TPSA) is 73.8 Å². The molecule has 0 saturated carbocycles. The summed E-state index contributed by atoms with van der Waals surface area (Å²) >= 11 is 0. The van der Waals surface area contributed by atoms with Gasteiger partial charge in [0.15, 0.2) is 0 Å². The summed E-state index contributed by atoms with van der Waals surface area (Å²) < 4.78 is 5.22. The zero-order valence-corrected chi connectivity index (χ0v) is 21.7. The van der Waals surface area contributed by atoms with Gasteiger partial charge in [-0.1, -0.05) is 50.6 Å². The summed E-state index contributed by atoms with van der Waals surface area (Å²) in [7, 11) is 3.63. The third kappa shape index (κ3) is 8.58. The average molecular weight is 462 g/mol. The van der Waals surface area contributed by atoms with Crippen LogP contribution in [-0.4, -0.2) is 62.5 Å². The minimum Gasteiger partial charge on any atom is -0.385 e. The number of benzene rings is 1. The summed E-state index contributed by atoms with van der Waals surface area (Å²) in [4.78, 5) is 15.1. The maximum absolute atomic E-state index is 13.2. The fraction of sp³-hybridized carbons (Fsp3) is 0.741. The molecular formula is C27H47N3O3. The van der Waals surface area contributed by atoms with Crippen LogP contribution in [0.5, 0.6) is 0 Å². The largest absolute Gasteiger partial charge is 0.385 e. The smallest absolute Gasteiger partial charge is 0.317 e. The van der Waals surface area contributed by atoms with E-state index in [2.05, 4.69) is 50.5 Å². The second-order valence-corrected chi connectivity index (χ2v) is 11.0. The Morgan fingerprint density at radius 2 is 2.06 bits per heavy atom. The lowest BCUT2D eigenvalue weighted by atomic mass is 9.74.